The number of esters is 1. The Morgan fingerprint density at radius 3 is 3.00 bits per heavy atom. The van der Waals surface area contributed by atoms with Crippen molar-refractivity contribution in [3.8, 4) is 17.1 Å². The summed E-state index contributed by atoms with van der Waals surface area (Å²) in [5.74, 6) is 0.0912. The molecular formula is C15H20N4O3. The lowest BCUT2D eigenvalue weighted by Gasteiger charge is -2.21. The van der Waals surface area contributed by atoms with Crippen LogP contribution in [0.3, 0.4) is 0 Å². The van der Waals surface area contributed by atoms with Crippen molar-refractivity contribution in [1.82, 2.24) is 19.6 Å². The van der Waals surface area contributed by atoms with E-state index in [-0.39, 0.29) is 6.10 Å². The summed E-state index contributed by atoms with van der Waals surface area (Å²) in [6, 6.07) is 0. The van der Waals surface area contributed by atoms with Gasteiger partial charge in [-0.1, -0.05) is 0 Å². The van der Waals surface area contributed by atoms with Crippen molar-refractivity contribution in [2.45, 2.75) is 46.4 Å². The minimum absolute atomic E-state index is 0.0589. The lowest BCUT2D eigenvalue weighted by atomic mass is 10.1. The van der Waals surface area contributed by atoms with E-state index in [1.165, 1.54) is 0 Å². The molecule has 0 spiro atoms. The zero-order valence-corrected chi connectivity index (χ0v) is 13.1. The molecule has 2 aromatic rings. The van der Waals surface area contributed by atoms with E-state index in [0.29, 0.717) is 23.7 Å². The second-order valence-corrected chi connectivity index (χ2v) is 5.27. The number of ether oxygens (including phenoxy) is 2. The molecule has 0 radical (unpaired) electrons. The van der Waals surface area contributed by atoms with E-state index in [2.05, 4.69) is 10.2 Å². The summed E-state index contributed by atoms with van der Waals surface area (Å²) in [4.78, 5) is 12.4. The first-order valence-corrected chi connectivity index (χ1v) is 7.61. The van der Waals surface area contributed by atoms with Gasteiger partial charge in [0.2, 0.25) is 5.88 Å². The predicted molar refractivity (Wildman–Crippen MR) is 79.8 cm³/mol. The molecule has 3 heterocycles. The van der Waals surface area contributed by atoms with Crippen molar-refractivity contribution in [1.29, 1.82) is 0 Å². The lowest BCUT2D eigenvalue weighted by molar-refractivity contribution is 0.0515. The fraction of sp³-hybridized carbons (Fsp3) is 0.533. The van der Waals surface area contributed by atoms with Gasteiger partial charge in [0.1, 0.15) is 11.3 Å². The van der Waals surface area contributed by atoms with Gasteiger partial charge < -0.3 is 9.47 Å². The normalized spacial score (nSPS) is 17.0. The third-order valence-electron chi connectivity index (χ3n) is 3.68. The van der Waals surface area contributed by atoms with Crippen LogP contribution < -0.4 is 4.74 Å². The van der Waals surface area contributed by atoms with Crippen molar-refractivity contribution in [3.63, 3.8) is 0 Å². The maximum Gasteiger partial charge on any atom is 0.345 e. The number of carbonyl (C=O) groups is 1. The molecule has 1 aliphatic rings. The molecular weight excluding hydrogens is 284 g/mol. The number of hydrogen-bond acceptors (Lipinski definition) is 5. The van der Waals surface area contributed by atoms with E-state index in [4.69, 9.17) is 9.47 Å². The minimum Gasteiger partial charge on any atom is -0.474 e. The highest BCUT2D eigenvalue weighted by Gasteiger charge is 2.31. The first-order chi connectivity index (χ1) is 10.6. The maximum absolute atomic E-state index is 12.4. The SMILES string of the molecule is CCOC(=O)c1c(-c2cnn(CC)c2)nn2c1O[C@H](C)CC2. The van der Waals surface area contributed by atoms with Crippen LogP contribution in [0.4, 0.5) is 0 Å². The van der Waals surface area contributed by atoms with Gasteiger partial charge in [0, 0.05) is 31.3 Å². The number of fused-ring (bicyclic) bond motifs is 1. The molecule has 1 aliphatic heterocycles. The monoisotopic (exact) mass is 304 g/mol. The second kappa shape index (κ2) is 5.82. The summed E-state index contributed by atoms with van der Waals surface area (Å²) >= 11 is 0. The van der Waals surface area contributed by atoms with Gasteiger partial charge in [-0.15, -0.1) is 0 Å². The van der Waals surface area contributed by atoms with E-state index in [1.54, 1.807) is 22.5 Å². The number of nitrogens with zero attached hydrogens (tertiary/aromatic N) is 4. The van der Waals surface area contributed by atoms with Crippen molar-refractivity contribution < 1.29 is 14.3 Å². The van der Waals surface area contributed by atoms with Gasteiger partial charge in [-0.25, -0.2) is 9.48 Å². The largest absolute Gasteiger partial charge is 0.474 e. The van der Waals surface area contributed by atoms with Gasteiger partial charge in [-0.3, -0.25) is 4.68 Å². The molecule has 1 atom stereocenters. The summed E-state index contributed by atoms with van der Waals surface area (Å²) < 4.78 is 14.6. The Labute approximate surface area is 128 Å². The summed E-state index contributed by atoms with van der Waals surface area (Å²) in [6.07, 6.45) is 4.51. The van der Waals surface area contributed by atoms with Gasteiger partial charge >= 0.3 is 5.97 Å². The Hall–Kier alpha value is -2.31. The highest BCUT2D eigenvalue weighted by Crippen LogP contribution is 2.34. The molecule has 0 N–H and O–H groups in total. The molecule has 7 nitrogen and oxygen atoms in total. The van der Waals surface area contributed by atoms with Gasteiger partial charge in [0.15, 0.2) is 0 Å². The van der Waals surface area contributed by atoms with Crippen LogP contribution in [0.2, 0.25) is 0 Å². The standard InChI is InChI=1S/C15H20N4O3/c1-4-18-9-11(8-16-18)13-12(15(20)21-5-2)14-19(17-13)7-6-10(3)22-14/h8-10H,4-7H2,1-3H3/t10-/m1/s1. The van der Waals surface area contributed by atoms with Gasteiger partial charge in [0.05, 0.1) is 18.9 Å². The number of hydrogen-bond donors (Lipinski definition) is 0. The minimum atomic E-state index is -0.405. The van der Waals surface area contributed by atoms with Crippen LogP contribution in [-0.4, -0.2) is 38.2 Å². The van der Waals surface area contributed by atoms with E-state index in [0.717, 1.165) is 25.1 Å². The number of carbonyl (C=O) groups excluding carboxylic acids is 1. The lowest BCUT2D eigenvalue weighted by Crippen LogP contribution is -2.24. The summed E-state index contributed by atoms with van der Waals surface area (Å²) in [7, 11) is 0. The highest BCUT2D eigenvalue weighted by molar-refractivity contribution is 5.98. The van der Waals surface area contributed by atoms with Crippen LogP contribution in [0, 0.1) is 0 Å². The van der Waals surface area contributed by atoms with Crippen LogP contribution in [0.15, 0.2) is 12.4 Å². The Kier molecular flexibility index (Phi) is 3.87. The first kappa shape index (κ1) is 14.6. The maximum atomic E-state index is 12.4. The highest BCUT2D eigenvalue weighted by atomic mass is 16.5. The number of rotatable bonds is 4. The third-order valence-corrected chi connectivity index (χ3v) is 3.68. The molecule has 2 aromatic heterocycles. The van der Waals surface area contributed by atoms with Crippen LogP contribution in [0.5, 0.6) is 5.88 Å². The van der Waals surface area contributed by atoms with Crippen LogP contribution in [-0.2, 0) is 17.8 Å². The fourth-order valence-electron chi connectivity index (χ4n) is 2.52. The molecule has 0 aromatic carbocycles. The molecule has 0 unspecified atom stereocenters. The van der Waals surface area contributed by atoms with Crippen molar-refractivity contribution in [2.75, 3.05) is 6.61 Å². The van der Waals surface area contributed by atoms with Crippen LogP contribution in [0.25, 0.3) is 11.3 Å². The Bertz CT molecular complexity index is 689. The molecule has 0 aliphatic carbocycles. The van der Waals surface area contributed by atoms with Crippen molar-refractivity contribution in [3.05, 3.63) is 18.0 Å². The topological polar surface area (TPSA) is 71.2 Å². The van der Waals surface area contributed by atoms with E-state index < -0.39 is 5.97 Å². The predicted octanol–water partition coefficient (Wildman–Crippen LogP) is 2.11. The first-order valence-electron chi connectivity index (χ1n) is 7.61. The second-order valence-electron chi connectivity index (χ2n) is 5.27. The van der Waals surface area contributed by atoms with Gasteiger partial charge in [-0.2, -0.15) is 10.2 Å². The average Bonchev–Trinajstić information content (AvgIpc) is 3.10. The smallest absolute Gasteiger partial charge is 0.345 e. The Morgan fingerprint density at radius 2 is 2.32 bits per heavy atom. The van der Waals surface area contributed by atoms with E-state index >= 15 is 0 Å². The molecule has 7 heteroatoms. The summed E-state index contributed by atoms with van der Waals surface area (Å²) in [5, 5.41) is 8.80. The molecule has 0 fully saturated rings. The fourth-order valence-corrected chi connectivity index (χ4v) is 2.52. The van der Waals surface area contributed by atoms with Crippen LogP contribution in [0.1, 0.15) is 37.6 Å². The molecule has 0 bridgehead atoms. The summed E-state index contributed by atoms with van der Waals surface area (Å²) in [6.45, 7) is 7.58. The third kappa shape index (κ3) is 2.47. The molecule has 22 heavy (non-hydrogen) atoms. The van der Waals surface area contributed by atoms with E-state index in [9.17, 15) is 4.79 Å². The van der Waals surface area contributed by atoms with Gasteiger partial charge in [0.25, 0.3) is 0 Å². The van der Waals surface area contributed by atoms with Crippen LogP contribution >= 0.6 is 0 Å². The molecule has 0 saturated heterocycles. The van der Waals surface area contributed by atoms with E-state index in [1.807, 2.05) is 20.0 Å². The molecule has 3 rings (SSSR count). The summed E-state index contributed by atoms with van der Waals surface area (Å²) in [5.41, 5.74) is 1.76. The molecule has 0 amide bonds. The van der Waals surface area contributed by atoms with Crippen molar-refractivity contribution in [2.24, 2.45) is 0 Å². The average molecular weight is 304 g/mol. The molecule has 0 saturated carbocycles. The zero-order valence-electron chi connectivity index (χ0n) is 13.1. The quantitative estimate of drug-likeness (QED) is 0.809. The zero-order chi connectivity index (χ0) is 15.7. The number of aryl methyl sites for hydroxylation is 2. The molecule has 118 valence electrons. The van der Waals surface area contributed by atoms with Gasteiger partial charge in [-0.05, 0) is 20.8 Å². The number of aromatic nitrogens is 4. The Morgan fingerprint density at radius 1 is 1.50 bits per heavy atom. The Balaban J connectivity index is 2.10. The van der Waals surface area contributed by atoms with Crippen molar-refractivity contribution >= 4 is 5.97 Å².